The summed E-state index contributed by atoms with van der Waals surface area (Å²) in [5, 5.41) is 4.35. The Morgan fingerprint density at radius 2 is 2.35 bits per heavy atom. The van der Waals surface area contributed by atoms with Crippen molar-refractivity contribution < 1.29 is 14.2 Å². The highest BCUT2D eigenvalue weighted by atomic mass is 31.1. The van der Waals surface area contributed by atoms with Crippen LogP contribution in [-0.4, -0.2) is 41.4 Å². The molecule has 0 aromatic heterocycles. The van der Waals surface area contributed by atoms with Crippen molar-refractivity contribution in [1.82, 2.24) is 15.6 Å². The number of urea groups is 1. The number of hydrogen-bond donors (Lipinski definition) is 4. The van der Waals surface area contributed by atoms with Crippen LogP contribution < -0.4 is 22.2 Å². The second kappa shape index (κ2) is 5.39. The van der Waals surface area contributed by atoms with E-state index in [9.17, 15) is 14.2 Å². The van der Waals surface area contributed by atoms with Gasteiger partial charge < -0.3 is 10.6 Å². The molecule has 2 unspecified atom stereocenters. The number of hydrazine groups is 1. The molecule has 9 heteroatoms. The van der Waals surface area contributed by atoms with Crippen LogP contribution in [0.3, 0.4) is 0 Å². The number of hydrogen-bond acceptors (Lipinski definition) is 5. The van der Waals surface area contributed by atoms with Crippen LogP contribution >= 0.6 is 8.46 Å². The molecule has 0 saturated carbocycles. The van der Waals surface area contributed by atoms with Crippen molar-refractivity contribution in [3.63, 3.8) is 0 Å². The standard InChI is InChI=1S/C8H16N5O3P/c1-2-11-7(15)12-5-3-4-13(10)6(14)8(5,9)17-16/h5H,2-4,9-10H2,1H3,(H2,11,12,15)/p+1/t5?,8-/m0/s1. The molecule has 0 aromatic rings. The molecule has 0 spiro atoms. The number of carbonyl (C=O) groups is 2. The summed E-state index contributed by atoms with van der Waals surface area (Å²) >= 11 is 0. The number of piperidine rings is 1. The van der Waals surface area contributed by atoms with Crippen molar-refractivity contribution in [2.45, 2.75) is 24.7 Å². The summed E-state index contributed by atoms with van der Waals surface area (Å²) in [6.07, 6.45) is 0.366. The molecule has 8 nitrogen and oxygen atoms in total. The number of nitrogens with zero attached hydrogens (tertiary/aromatic N) is 1. The Hall–Kier alpha value is -1.24. The van der Waals surface area contributed by atoms with Gasteiger partial charge in [-0.15, -0.1) is 0 Å². The maximum atomic E-state index is 11.7. The Kier molecular flexibility index (Phi) is 4.39. The molecule has 3 amide bonds. The quantitative estimate of drug-likeness (QED) is 0.278. The lowest BCUT2D eigenvalue weighted by Gasteiger charge is -2.34. The van der Waals surface area contributed by atoms with Gasteiger partial charge in [0, 0.05) is 13.1 Å². The largest absolute Gasteiger partial charge is 0.359 e. The molecule has 0 aliphatic carbocycles. The minimum atomic E-state index is -1.64. The van der Waals surface area contributed by atoms with Gasteiger partial charge in [-0.3, -0.25) is 15.5 Å². The molecule has 1 saturated heterocycles. The molecule has 0 radical (unpaired) electrons. The van der Waals surface area contributed by atoms with Crippen LogP contribution in [0.4, 0.5) is 4.79 Å². The molecule has 1 rings (SSSR count). The number of nitrogens with two attached hydrogens (primary N) is 2. The first-order valence-electron chi connectivity index (χ1n) is 5.25. The zero-order chi connectivity index (χ0) is 13.1. The van der Waals surface area contributed by atoms with E-state index < -0.39 is 31.7 Å². The molecule has 0 bridgehead atoms. The molecule has 1 aliphatic heterocycles. The van der Waals surface area contributed by atoms with Crippen molar-refractivity contribution in [3.05, 3.63) is 0 Å². The highest BCUT2D eigenvalue weighted by Gasteiger charge is 2.55. The highest BCUT2D eigenvalue weighted by Crippen LogP contribution is 2.28. The summed E-state index contributed by atoms with van der Waals surface area (Å²) in [6.45, 7) is 2.48. The average molecular weight is 262 g/mol. The summed E-state index contributed by atoms with van der Waals surface area (Å²) in [7, 11) is -1.08. The highest BCUT2D eigenvalue weighted by molar-refractivity contribution is 7.27. The lowest BCUT2D eigenvalue weighted by Crippen LogP contribution is -2.69. The third-order valence-electron chi connectivity index (χ3n) is 2.63. The molecule has 17 heavy (non-hydrogen) atoms. The van der Waals surface area contributed by atoms with Gasteiger partial charge in [0.25, 0.3) is 0 Å². The van der Waals surface area contributed by atoms with E-state index in [-0.39, 0.29) is 6.54 Å². The van der Waals surface area contributed by atoms with E-state index in [0.717, 1.165) is 5.01 Å². The second-order valence-corrected chi connectivity index (χ2v) is 4.85. The molecule has 0 aromatic carbocycles. The van der Waals surface area contributed by atoms with Crippen LogP contribution in [0.5, 0.6) is 0 Å². The molecular formula is C8H17N5O3P+. The van der Waals surface area contributed by atoms with Crippen LogP contribution in [0.1, 0.15) is 13.3 Å². The van der Waals surface area contributed by atoms with Crippen LogP contribution in [0.15, 0.2) is 0 Å². The van der Waals surface area contributed by atoms with Crippen molar-refractivity contribution in [2.24, 2.45) is 11.6 Å². The van der Waals surface area contributed by atoms with E-state index in [0.29, 0.717) is 13.0 Å². The third-order valence-corrected chi connectivity index (χ3v) is 3.53. The maximum Gasteiger partial charge on any atom is 0.359 e. The van der Waals surface area contributed by atoms with Crippen LogP contribution in [0.2, 0.25) is 0 Å². The van der Waals surface area contributed by atoms with Crippen molar-refractivity contribution in [1.29, 1.82) is 0 Å². The van der Waals surface area contributed by atoms with Gasteiger partial charge in [0.15, 0.2) is 0 Å². The van der Waals surface area contributed by atoms with Gasteiger partial charge in [-0.1, -0.05) is 4.57 Å². The van der Waals surface area contributed by atoms with Crippen LogP contribution in [-0.2, 0) is 9.36 Å². The average Bonchev–Trinajstić information content (AvgIpc) is 2.30. The number of carbonyl (C=O) groups excluding carboxylic acids is 2. The van der Waals surface area contributed by atoms with E-state index >= 15 is 0 Å². The van der Waals surface area contributed by atoms with E-state index in [4.69, 9.17) is 11.6 Å². The van der Waals surface area contributed by atoms with Gasteiger partial charge in [-0.2, -0.15) is 0 Å². The van der Waals surface area contributed by atoms with Gasteiger partial charge in [0.05, 0.1) is 0 Å². The Morgan fingerprint density at radius 1 is 1.71 bits per heavy atom. The summed E-state index contributed by atoms with van der Waals surface area (Å²) in [4.78, 5) is 23.1. The molecule has 1 heterocycles. The minimum absolute atomic E-state index is 0.263. The summed E-state index contributed by atoms with van der Waals surface area (Å²) < 4.78 is 11.1. The normalized spacial score (nSPS) is 29.2. The third kappa shape index (κ3) is 2.71. The molecule has 3 atom stereocenters. The van der Waals surface area contributed by atoms with Crippen molar-refractivity contribution in [2.75, 3.05) is 13.1 Å². The second-order valence-electron chi connectivity index (χ2n) is 3.81. The van der Waals surface area contributed by atoms with Gasteiger partial charge in [0.1, 0.15) is 6.04 Å². The van der Waals surface area contributed by atoms with Crippen molar-refractivity contribution >= 4 is 20.4 Å². The first-order chi connectivity index (χ1) is 7.95. The first-order valence-corrected chi connectivity index (χ1v) is 6.15. The predicted molar refractivity (Wildman–Crippen MR) is 62.4 cm³/mol. The Labute approximate surface area is 100 Å². The van der Waals surface area contributed by atoms with Crippen LogP contribution in [0.25, 0.3) is 0 Å². The Morgan fingerprint density at radius 3 is 2.88 bits per heavy atom. The molecular weight excluding hydrogens is 245 g/mol. The van der Waals surface area contributed by atoms with E-state index in [1.807, 2.05) is 0 Å². The lowest BCUT2D eigenvalue weighted by atomic mass is 9.99. The fraction of sp³-hybridized carbons (Fsp3) is 0.750. The van der Waals surface area contributed by atoms with Gasteiger partial charge in [0.2, 0.25) is 0 Å². The van der Waals surface area contributed by atoms with E-state index in [2.05, 4.69) is 10.6 Å². The fourth-order valence-corrected chi connectivity index (χ4v) is 2.24. The van der Waals surface area contributed by atoms with Gasteiger partial charge in [-0.25, -0.2) is 10.6 Å². The van der Waals surface area contributed by atoms with Gasteiger partial charge in [-0.05, 0) is 13.3 Å². The lowest BCUT2D eigenvalue weighted by molar-refractivity contribution is -0.137. The Balaban J connectivity index is 2.80. The summed E-state index contributed by atoms with van der Waals surface area (Å²) in [6, 6.07) is -1.12. The zero-order valence-electron chi connectivity index (χ0n) is 9.53. The predicted octanol–water partition coefficient (Wildman–Crippen LogP) is -1.54. The first kappa shape index (κ1) is 13.8. The zero-order valence-corrected chi connectivity index (χ0v) is 10.5. The minimum Gasteiger partial charge on any atom is -0.338 e. The van der Waals surface area contributed by atoms with Crippen LogP contribution in [0, 0.1) is 0 Å². The van der Waals surface area contributed by atoms with Crippen molar-refractivity contribution in [3.8, 4) is 0 Å². The molecule has 96 valence electrons. The number of amides is 3. The van der Waals surface area contributed by atoms with E-state index in [1.165, 1.54) is 0 Å². The summed E-state index contributed by atoms with van der Waals surface area (Å²) in [5.74, 6) is 4.80. The molecule has 6 N–H and O–H groups in total. The number of nitrogens with one attached hydrogen (secondary N) is 2. The number of rotatable bonds is 3. The SMILES string of the molecule is CCNC(=O)NC1CCN(N)C(=O)[C@@]1(N)[PH+]=O. The summed E-state index contributed by atoms with van der Waals surface area (Å²) in [5.41, 5.74) is 5.77. The smallest absolute Gasteiger partial charge is 0.338 e. The topological polar surface area (TPSA) is 131 Å². The van der Waals surface area contributed by atoms with Gasteiger partial charge >= 0.3 is 25.7 Å². The van der Waals surface area contributed by atoms with E-state index in [1.54, 1.807) is 6.92 Å². The fourth-order valence-electron chi connectivity index (χ4n) is 1.65. The Bertz CT molecular complexity index is 339. The monoisotopic (exact) mass is 262 g/mol. The maximum absolute atomic E-state index is 11.7. The molecule has 1 aliphatic rings. The molecule has 1 fully saturated rings.